The van der Waals surface area contributed by atoms with Gasteiger partial charge in [-0.15, -0.1) is 0 Å². The largest absolute Gasteiger partial charge is 2.00 e. The summed E-state index contributed by atoms with van der Waals surface area (Å²) < 4.78 is 65.0. The summed E-state index contributed by atoms with van der Waals surface area (Å²) in [5.74, 6) is 0. The number of aryl methyl sites for hydroxylation is 2. The van der Waals surface area contributed by atoms with Crippen molar-refractivity contribution in [1.29, 1.82) is 0 Å². The molecule has 10 nitrogen and oxygen atoms in total. The Hall–Kier alpha value is -1.38. The van der Waals surface area contributed by atoms with Gasteiger partial charge in [0.15, 0.2) is 0 Å². The van der Waals surface area contributed by atoms with E-state index < -0.39 is 20.2 Å². The number of hydrogen-bond donors (Lipinski definition) is 0. The first-order chi connectivity index (χ1) is 24.9. The van der Waals surface area contributed by atoms with E-state index in [9.17, 15) is 25.9 Å². The Morgan fingerprint density at radius 3 is 0.792 bits per heavy atom. The van der Waals surface area contributed by atoms with E-state index in [4.69, 9.17) is 22.9 Å². The minimum atomic E-state index is -4.31. The second-order valence-corrected chi connectivity index (χ2v) is 15.8. The number of benzene rings is 2. The second-order valence-electron chi connectivity index (χ2n) is 13.1. The van der Waals surface area contributed by atoms with Crippen molar-refractivity contribution in [3.63, 3.8) is 0 Å². The third-order valence-electron chi connectivity index (χ3n) is 8.31. The maximum absolute atomic E-state index is 10.8. The molecular weight excluding hydrogens is 760 g/mol. The van der Waals surface area contributed by atoms with Gasteiger partial charge in [0.25, 0.3) is 0 Å². The normalized spacial score (nSPS) is 10.9. The fraction of sp³-hybridized carbons (Fsp3) is 0.700. The standard InChI is InChI=1S/2C18H30O3S.2C2H6N2.Cu/c2*1-2-3-4-5-6-7-8-9-10-11-12-17-13-15-18(16-14-17)22(19,20)21;2*3-1-2-4;/h2*13-16H,2-12H2,1H3,(H,19,20,21);2*3-4H,1-2H2;/q;;2*-2;+2/p-2. The van der Waals surface area contributed by atoms with Crippen LogP contribution in [0.15, 0.2) is 58.3 Å². The molecule has 53 heavy (non-hydrogen) atoms. The Kier molecular flexibility index (Phi) is 41.0. The number of nitrogens with one attached hydrogen (secondary N) is 4. The number of rotatable bonds is 26. The van der Waals surface area contributed by atoms with Gasteiger partial charge in [0, 0.05) is 0 Å². The van der Waals surface area contributed by atoms with Crippen molar-refractivity contribution in [2.24, 2.45) is 0 Å². The summed E-state index contributed by atoms with van der Waals surface area (Å²) in [5, 5.41) is 0. The summed E-state index contributed by atoms with van der Waals surface area (Å²) in [6.45, 7) is 5.43. The molecule has 0 bridgehead atoms. The van der Waals surface area contributed by atoms with Crippen LogP contribution in [0.4, 0.5) is 0 Å². The Bertz CT molecular complexity index is 1160. The summed E-state index contributed by atoms with van der Waals surface area (Å²) in [5.41, 5.74) is 27.3. The Morgan fingerprint density at radius 2 is 0.604 bits per heavy atom. The van der Waals surface area contributed by atoms with Crippen molar-refractivity contribution >= 4 is 20.2 Å². The zero-order valence-electron chi connectivity index (χ0n) is 32.6. The third-order valence-corrected chi connectivity index (χ3v) is 10.0. The SMILES string of the molecule is CCCCCCCCCCCCc1ccc(S(=O)(=O)[O-])cc1.CCCCCCCCCCCCc1ccc(S(=O)(=O)[O-])cc1.[Cu+2].[NH-]CC[NH-].[NH-]CC[NH-]. The molecule has 0 spiro atoms. The van der Waals surface area contributed by atoms with Crippen LogP contribution in [0, 0.1) is 0 Å². The molecule has 0 unspecified atom stereocenters. The fourth-order valence-electron chi connectivity index (χ4n) is 5.28. The molecule has 2 aromatic carbocycles. The Labute approximate surface area is 335 Å². The molecule has 0 fully saturated rings. The van der Waals surface area contributed by atoms with Crippen LogP contribution in [0.3, 0.4) is 0 Å². The summed E-state index contributed by atoms with van der Waals surface area (Å²) in [7, 11) is -8.63. The molecule has 313 valence electrons. The van der Waals surface area contributed by atoms with Crippen LogP contribution in [0.5, 0.6) is 0 Å². The summed E-state index contributed by atoms with van der Waals surface area (Å²) in [4.78, 5) is -0.279. The van der Waals surface area contributed by atoms with Crippen LogP contribution < -0.4 is 0 Å². The predicted octanol–water partition coefficient (Wildman–Crippen LogP) is 12.3. The molecule has 0 atom stereocenters. The van der Waals surface area contributed by atoms with E-state index in [1.54, 1.807) is 24.3 Å². The van der Waals surface area contributed by atoms with Crippen LogP contribution >= 0.6 is 0 Å². The molecule has 4 N–H and O–H groups in total. The average Bonchev–Trinajstić information content (AvgIpc) is 3.13. The van der Waals surface area contributed by atoms with Crippen molar-refractivity contribution < 1.29 is 43.0 Å². The molecule has 2 rings (SSSR count). The van der Waals surface area contributed by atoms with Gasteiger partial charge in [-0.3, -0.25) is 0 Å². The first kappa shape index (κ1) is 56.0. The topological polar surface area (TPSA) is 210 Å². The molecule has 0 saturated heterocycles. The monoisotopic (exact) mass is 829 g/mol. The minimum absolute atomic E-state index is 0. The van der Waals surface area contributed by atoms with Gasteiger partial charge in [0.1, 0.15) is 20.2 Å². The first-order valence-electron chi connectivity index (χ1n) is 19.6. The van der Waals surface area contributed by atoms with E-state index in [-0.39, 0.29) is 53.0 Å². The van der Waals surface area contributed by atoms with Crippen molar-refractivity contribution in [1.82, 2.24) is 0 Å². The predicted molar refractivity (Wildman–Crippen MR) is 217 cm³/mol. The molecule has 1 radical (unpaired) electrons. The second kappa shape index (κ2) is 38.9. The van der Waals surface area contributed by atoms with Crippen molar-refractivity contribution in [2.45, 2.75) is 165 Å². The van der Waals surface area contributed by atoms with E-state index in [1.165, 1.54) is 140 Å². The Balaban J connectivity index is -0.000000771. The quantitative estimate of drug-likeness (QED) is 0.0511. The van der Waals surface area contributed by atoms with Crippen molar-refractivity contribution in [3.05, 3.63) is 82.6 Å². The maximum atomic E-state index is 10.8. The molecule has 0 saturated carbocycles. The van der Waals surface area contributed by atoms with Gasteiger partial charge < -0.3 is 32.0 Å². The molecule has 0 heterocycles. The van der Waals surface area contributed by atoms with E-state index in [0.29, 0.717) is 0 Å². The average molecular weight is 831 g/mol. The molecule has 0 aliphatic heterocycles. The van der Waals surface area contributed by atoms with Gasteiger partial charge >= 0.3 is 17.1 Å². The maximum Gasteiger partial charge on any atom is 2.00 e. The molecule has 13 heteroatoms. The van der Waals surface area contributed by atoms with Gasteiger partial charge in [-0.2, -0.15) is 26.2 Å². The Morgan fingerprint density at radius 1 is 0.396 bits per heavy atom. The van der Waals surface area contributed by atoms with Gasteiger partial charge in [-0.05, 0) is 61.1 Å². The summed E-state index contributed by atoms with van der Waals surface area (Å²) in [6.07, 6.45) is 28.1. The van der Waals surface area contributed by atoms with Crippen molar-refractivity contribution in [3.8, 4) is 0 Å². The first-order valence-corrected chi connectivity index (χ1v) is 22.4. The number of unbranched alkanes of at least 4 members (excludes halogenated alkanes) is 18. The zero-order chi connectivity index (χ0) is 39.4. The smallest absolute Gasteiger partial charge is 0.744 e. The van der Waals surface area contributed by atoms with Crippen LogP contribution in [0.2, 0.25) is 0 Å². The third kappa shape index (κ3) is 37.3. The van der Waals surface area contributed by atoms with E-state index in [0.717, 1.165) is 36.8 Å². The van der Waals surface area contributed by atoms with Gasteiger partial charge in [-0.1, -0.05) is 154 Å². The van der Waals surface area contributed by atoms with Crippen LogP contribution in [-0.4, -0.2) is 52.1 Å². The van der Waals surface area contributed by atoms with E-state index >= 15 is 0 Å². The van der Waals surface area contributed by atoms with Crippen LogP contribution in [0.25, 0.3) is 22.9 Å². The number of hydrogen-bond acceptors (Lipinski definition) is 6. The molecular formula is C40H70CuN4O6S2-4. The van der Waals surface area contributed by atoms with E-state index in [2.05, 4.69) is 13.8 Å². The fourth-order valence-corrected chi connectivity index (χ4v) is 6.22. The van der Waals surface area contributed by atoms with E-state index in [1.807, 2.05) is 0 Å². The van der Waals surface area contributed by atoms with Gasteiger partial charge in [0.2, 0.25) is 0 Å². The summed E-state index contributed by atoms with van der Waals surface area (Å²) >= 11 is 0. The molecule has 2 aromatic rings. The minimum Gasteiger partial charge on any atom is -0.744 e. The van der Waals surface area contributed by atoms with Gasteiger partial charge in [0.05, 0.1) is 9.79 Å². The summed E-state index contributed by atoms with van der Waals surface area (Å²) in [6, 6.07) is 12.6. The molecule has 0 aliphatic carbocycles. The van der Waals surface area contributed by atoms with Gasteiger partial charge in [-0.25, -0.2) is 16.8 Å². The van der Waals surface area contributed by atoms with Crippen molar-refractivity contribution in [2.75, 3.05) is 26.2 Å². The zero-order valence-corrected chi connectivity index (χ0v) is 35.1. The van der Waals surface area contributed by atoms with Crippen LogP contribution in [-0.2, 0) is 50.1 Å². The molecule has 0 aliphatic rings. The molecule has 0 aromatic heterocycles. The van der Waals surface area contributed by atoms with Crippen LogP contribution in [0.1, 0.15) is 153 Å². The molecule has 0 amide bonds.